The van der Waals surface area contributed by atoms with Crippen molar-refractivity contribution in [1.29, 1.82) is 0 Å². The number of methoxy groups -OCH3 is 1. The summed E-state index contributed by atoms with van der Waals surface area (Å²) in [6.07, 6.45) is 0. The van der Waals surface area contributed by atoms with E-state index in [-0.39, 0.29) is 11.6 Å². The molecule has 0 aliphatic rings. The number of nitro groups is 1. The Balaban J connectivity index is 2.50. The summed E-state index contributed by atoms with van der Waals surface area (Å²) in [7, 11) is 1.37. The highest BCUT2D eigenvalue weighted by Gasteiger charge is 2.26. The maximum Gasteiger partial charge on any atom is 0.339 e. The van der Waals surface area contributed by atoms with Gasteiger partial charge in [-0.2, -0.15) is 0 Å². The quantitative estimate of drug-likeness (QED) is 0.528. The van der Waals surface area contributed by atoms with Crippen LogP contribution in [0.1, 0.15) is 0 Å². The molecule has 0 aliphatic carbocycles. The first-order valence-corrected chi connectivity index (χ1v) is 6.86. The molecule has 1 heterocycles. The number of benzene rings is 2. The standard InChI is InChI=1S/C16H11ClN2O3/c1-22-16-15(19(20)21)14(10-5-3-2-4-6-10)12-9-11(17)7-8-13(12)18-16/h2-9H,1H3. The van der Waals surface area contributed by atoms with E-state index < -0.39 is 4.92 Å². The Morgan fingerprint density at radius 3 is 2.55 bits per heavy atom. The molecule has 2 aromatic carbocycles. The SMILES string of the molecule is COc1nc2ccc(Cl)cc2c(-c2ccccc2)c1[N+](=O)[O-]. The zero-order valence-corrected chi connectivity index (χ0v) is 12.4. The van der Waals surface area contributed by atoms with Crippen LogP contribution >= 0.6 is 11.6 Å². The van der Waals surface area contributed by atoms with E-state index in [9.17, 15) is 10.1 Å². The maximum atomic E-state index is 11.6. The second kappa shape index (κ2) is 5.61. The van der Waals surface area contributed by atoms with Crippen molar-refractivity contribution in [3.8, 4) is 17.0 Å². The van der Waals surface area contributed by atoms with Gasteiger partial charge in [0.1, 0.15) is 0 Å². The molecule has 0 atom stereocenters. The van der Waals surface area contributed by atoms with Crippen LogP contribution in [0.15, 0.2) is 48.5 Å². The summed E-state index contributed by atoms with van der Waals surface area (Å²) in [4.78, 5) is 15.3. The van der Waals surface area contributed by atoms with E-state index in [0.717, 1.165) is 0 Å². The summed E-state index contributed by atoms with van der Waals surface area (Å²) in [6, 6.07) is 14.2. The molecule has 0 aliphatic heterocycles. The van der Waals surface area contributed by atoms with Gasteiger partial charge < -0.3 is 4.74 Å². The van der Waals surface area contributed by atoms with E-state index in [1.165, 1.54) is 7.11 Å². The Kier molecular flexibility index (Phi) is 3.65. The van der Waals surface area contributed by atoms with Crippen LogP contribution in [0.3, 0.4) is 0 Å². The summed E-state index contributed by atoms with van der Waals surface area (Å²) in [6.45, 7) is 0. The highest BCUT2D eigenvalue weighted by atomic mass is 35.5. The Labute approximate surface area is 131 Å². The highest BCUT2D eigenvalue weighted by molar-refractivity contribution is 6.31. The molecular formula is C16H11ClN2O3. The Hall–Kier alpha value is -2.66. The minimum absolute atomic E-state index is 0.0151. The fourth-order valence-corrected chi connectivity index (χ4v) is 2.58. The molecule has 0 unspecified atom stereocenters. The number of ether oxygens (including phenoxy) is 1. The first kappa shape index (κ1) is 14.3. The van der Waals surface area contributed by atoms with Crippen LogP contribution < -0.4 is 4.74 Å². The van der Waals surface area contributed by atoms with Crippen molar-refractivity contribution in [2.45, 2.75) is 0 Å². The van der Waals surface area contributed by atoms with Gasteiger partial charge in [0.2, 0.25) is 0 Å². The molecule has 22 heavy (non-hydrogen) atoms. The van der Waals surface area contributed by atoms with Crippen LogP contribution in [0.5, 0.6) is 5.88 Å². The van der Waals surface area contributed by atoms with Gasteiger partial charge in [0.15, 0.2) is 0 Å². The average molecular weight is 315 g/mol. The topological polar surface area (TPSA) is 65.3 Å². The van der Waals surface area contributed by atoms with Crippen molar-refractivity contribution in [2.24, 2.45) is 0 Å². The van der Waals surface area contributed by atoms with Gasteiger partial charge in [0, 0.05) is 10.4 Å². The monoisotopic (exact) mass is 314 g/mol. The summed E-state index contributed by atoms with van der Waals surface area (Å²) in [5.74, 6) is -0.0151. The van der Waals surface area contributed by atoms with Gasteiger partial charge in [-0.1, -0.05) is 41.9 Å². The lowest BCUT2D eigenvalue weighted by atomic mass is 9.99. The van der Waals surface area contributed by atoms with Gasteiger partial charge >= 0.3 is 5.69 Å². The maximum absolute atomic E-state index is 11.6. The first-order valence-electron chi connectivity index (χ1n) is 6.49. The first-order chi connectivity index (χ1) is 10.6. The number of rotatable bonds is 3. The number of aromatic nitrogens is 1. The lowest BCUT2D eigenvalue weighted by Crippen LogP contribution is -2.00. The van der Waals surface area contributed by atoms with Crippen LogP contribution in [-0.4, -0.2) is 17.0 Å². The molecule has 0 saturated heterocycles. The fraction of sp³-hybridized carbons (Fsp3) is 0.0625. The lowest BCUT2D eigenvalue weighted by Gasteiger charge is -2.11. The van der Waals surface area contributed by atoms with Gasteiger partial charge in [0.25, 0.3) is 5.88 Å². The molecule has 0 radical (unpaired) electrons. The van der Waals surface area contributed by atoms with Crippen molar-refractivity contribution >= 4 is 28.2 Å². The van der Waals surface area contributed by atoms with Gasteiger partial charge in [-0.3, -0.25) is 10.1 Å². The Bertz CT molecular complexity index is 866. The van der Waals surface area contributed by atoms with E-state index in [1.807, 2.05) is 30.3 Å². The molecule has 0 amide bonds. The smallest absolute Gasteiger partial charge is 0.339 e. The number of hydrogen-bond acceptors (Lipinski definition) is 4. The third-order valence-corrected chi connectivity index (χ3v) is 3.56. The number of fused-ring (bicyclic) bond motifs is 1. The summed E-state index contributed by atoms with van der Waals surface area (Å²) in [5, 5.41) is 12.7. The minimum Gasteiger partial charge on any atom is -0.476 e. The van der Waals surface area contributed by atoms with Crippen LogP contribution in [0.4, 0.5) is 5.69 Å². The van der Waals surface area contributed by atoms with Gasteiger partial charge in [-0.25, -0.2) is 4.98 Å². The third kappa shape index (κ3) is 2.35. The highest BCUT2D eigenvalue weighted by Crippen LogP contribution is 2.42. The van der Waals surface area contributed by atoms with Gasteiger partial charge in [-0.15, -0.1) is 0 Å². The van der Waals surface area contributed by atoms with Crippen LogP contribution in [0, 0.1) is 10.1 Å². The van der Waals surface area contributed by atoms with Crippen molar-refractivity contribution < 1.29 is 9.66 Å². The predicted octanol–water partition coefficient (Wildman–Crippen LogP) is 4.47. The summed E-state index contributed by atoms with van der Waals surface area (Å²) in [5.41, 5.74) is 1.59. The van der Waals surface area contributed by atoms with Crippen molar-refractivity contribution in [3.05, 3.63) is 63.7 Å². The molecule has 0 fully saturated rings. The average Bonchev–Trinajstić information content (AvgIpc) is 2.53. The van der Waals surface area contributed by atoms with E-state index in [1.54, 1.807) is 18.2 Å². The van der Waals surface area contributed by atoms with Crippen molar-refractivity contribution in [2.75, 3.05) is 7.11 Å². The summed E-state index contributed by atoms with van der Waals surface area (Å²) < 4.78 is 5.12. The number of halogens is 1. The Morgan fingerprint density at radius 2 is 1.91 bits per heavy atom. The van der Waals surface area contributed by atoms with Crippen molar-refractivity contribution in [3.63, 3.8) is 0 Å². The molecule has 0 N–H and O–H groups in total. The van der Waals surface area contributed by atoms with E-state index in [2.05, 4.69) is 4.98 Å². The van der Waals surface area contributed by atoms with Crippen LogP contribution in [0.25, 0.3) is 22.0 Å². The zero-order chi connectivity index (χ0) is 15.7. The van der Waals surface area contributed by atoms with Crippen LogP contribution in [0.2, 0.25) is 5.02 Å². The molecule has 0 spiro atoms. The molecule has 1 aromatic heterocycles. The lowest BCUT2D eigenvalue weighted by molar-refractivity contribution is -0.385. The van der Waals surface area contributed by atoms with Gasteiger partial charge in [0.05, 0.1) is 23.1 Å². The van der Waals surface area contributed by atoms with Crippen molar-refractivity contribution in [1.82, 2.24) is 4.98 Å². The molecule has 3 rings (SSSR count). The minimum atomic E-state index is -0.478. The predicted molar refractivity (Wildman–Crippen MR) is 85.4 cm³/mol. The molecule has 6 heteroatoms. The molecular weight excluding hydrogens is 304 g/mol. The van der Waals surface area contributed by atoms with E-state index >= 15 is 0 Å². The zero-order valence-electron chi connectivity index (χ0n) is 11.6. The number of nitrogens with zero attached hydrogens (tertiary/aromatic N) is 2. The number of hydrogen-bond donors (Lipinski definition) is 0. The third-order valence-electron chi connectivity index (χ3n) is 3.33. The van der Waals surface area contributed by atoms with Gasteiger partial charge in [-0.05, 0) is 23.8 Å². The van der Waals surface area contributed by atoms with E-state index in [0.29, 0.717) is 27.1 Å². The second-order valence-electron chi connectivity index (χ2n) is 4.63. The molecule has 0 bridgehead atoms. The number of pyridine rings is 1. The van der Waals surface area contributed by atoms with E-state index in [4.69, 9.17) is 16.3 Å². The largest absolute Gasteiger partial charge is 0.476 e. The summed E-state index contributed by atoms with van der Waals surface area (Å²) >= 11 is 6.05. The molecule has 5 nitrogen and oxygen atoms in total. The Morgan fingerprint density at radius 1 is 1.18 bits per heavy atom. The molecule has 110 valence electrons. The fourth-order valence-electron chi connectivity index (χ4n) is 2.41. The second-order valence-corrected chi connectivity index (χ2v) is 5.07. The molecule has 3 aromatic rings. The normalized spacial score (nSPS) is 10.6. The molecule has 0 saturated carbocycles. The van der Waals surface area contributed by atoms with Crippen LogP contribution in [-0.2, 0) is 0 Å².